The Labute approximate surface area is 119 Å². The molecule has 20 heavy (non-hydrogen) atoms. The van der Waals surface area contributed by atoms with Crippen molar-refractivity contribution in [3.8, 4) is 0 Å². The van der Waals surface area contributed by atoms with Gasteiger partial charge in [-0.3, -0.25) is 4.79 Å². The third-order valence-corrected chi connectivity index (χ3v) is 5.87. The van der Waals surface area contributed by atoms with Crippen molar-refractivity contribution >= 4 is 16.0 Å². The first kappa shape index (κ1) is 15.7. The van der Waals surface area contributed by atoms with Crippen LogP contribution >= 0.6 is 0 Å². The summed E-state index contributed by atoms with van der Waals surface area (Å²) < 4.78 is 31.5. The summed E-state index contributed by atoms with van der Waals surface area (Å²) in [6.07, 6.45) is 4.38. The largest absolute Gasteiger partial charge is 0.481 e. The Balaban J connectivity index is 1.85. The lowest BCUT2D eigenvalue weighted by atomic mass is 9.86. The Bertz CT molecular complexity index is 426. The van der Waals surface area contributed by atoms with Gasteiger partial charge in [0.2, 0.25) is 10.0 Å². The van der Waals surface area contributed by atoms with Gasteiger partial charge in [-0.1, -0.05) is 6.42 Å². The Morgan fingerprint density at radius 2 is 1.90 bits per heavy atom. The predicted octanol–water partition coefficient (Wildman–Crippen LogP) is 0.833. The molecule has 7 heteroatoms. The number of carboxylic acids is 1. The van der Waals surface area contributed by atoms with E-state index >= 15 is 0 Å². The van der Waals surface area contributed by atoms with Crippen molar-refractivity contribution in [3.05, 3.63) is 0 Å². The Kier molecular flexibility index (Phi) is 5.40. The normalized spacial score (nSPS) is 23.2. The molecule has 0 aromatic rings. The number of sulfonamides is 1. The second-order valence-electron chi connectivity index (χ2n) is 5.82. The fraction of sp³-hybridized carbons (Fsp3) is 0.923. The Hall–Kier alpha value is -0.660. The molecule has 0 bridgehead atoms. The molecule has 0 aromatic heterocycles. The summed E-state index contributed by atoms with van der Waals surface area (Å²) in [5.41, 5.74) is 0. The van der Waals surface area contributed by atoms with E-state index in [-0.39, 0.29) is 24.1 Å². The molecule has 0 amide bonds. The molecule has 2 fully saturated rings. The first-order valence-corrected chi connectivity index (χ1v) is 8.91. The molecule has 6 nitrogen and oxygen atoms in total. The summed E-state index contributed by atoms with van der Waals surface area (Å²) in [5, 5.41) is 9.29. The molecule has 2 N–H and O–H groups in total. The number of hydrogen-bond donors (Lipinski definition) is 2. The van der Waals surface area contributed by atoms with E-state index in [4.69, 9.17) is 4.74 Å². The molecular weight excluding hydrogens is 282 g/mol. The molecule has 1 unspecified atom stereocenters. The topological polar surface area (TPSA) is 92.7 Å². The number of rotatable bonds is 7. The molecule has 0 radical (unpaired) electrons. The first-order valence-electron chi connectivity index (χ1n) is 7.26. The van der Waals surface area contributed by atoms with Gasteiger partial charge in [-0.25, -0.2) is 13.1 Å². The molecule has 116 valence electrons. The molecule has 2 aliphatic rings. The van der Waals surface area contributed by atoms with E-state index in [1.54, 1.807) is 0 Å². The van der Waals surface area contributed by atoms with Crippen molar-refractivity contribution in [2.45, 2.75) is 32.1 Å². The van der Waals surface area contributed by atoms with Gasteiger partial charge in [0.15, 0.2) is 0 Å². The fourth-order valence-electron chi connectivity index (χ4n) is 2.82. The maximum atomic E-state index is 11.9. The second kappa shape index (κ2) is 6.87. The highest BCUT2D eigenvalue weighted by Crippen LogP contribution is 2.28. The number of ether oxygens (including phenoxy) is 1. The monoisotopic (exact) mass is 305 g/mol. The lowest BCUT2D eigenvalue weighted by Crippen LogP contribution is -2.41. The molecule has 2 rings (SSSR count). The number of carbonyl (C=O) groups is 1. The van der Waals surface area contributed by atoms with Crippen molar-refractivity contribution in [2.24, 2.45) is 17.8 Å². The lowest BCUT2D eigenvalue weighted by Gasteiger charge is -2.28. The number of nitrogens with one attached hydrogen (secondary N) is 1. The quantitative estimate of drug-likeness (QED) is 0.727. The highest BCUT2D eigenvalue weighted by molar-refractivity contribution is 7.89. The van der Waals surface area contributed by atoms with Gasteiger partial charge in [-0.05, 0) is 37.5 Å². The van der Waals surface area contributed by atoms with Crippen LogP contribution in [0, 0.1) is 17.8 Å². The van der Waals surface area contributed by atoms with Crippen LogP contribution < -0.4 is 4.72 Å². The van der Waals surface area contributed by atoms with Gasteiger partial charge in [0.25, 0.3) is 0 Å². The van der Waals surface area contributed by atoms with Crippen molar-refractivity contribution < 1.29 is 23.1 Å². The van der Waals surface area contributed by atoms with E-state index in [1.807, 2.05) is 0 Å². The average molecular weight is 305 g/mol. The smallest absolute Gasteiger partial charge is 0.308 e. The summed E-state index contributed by atoms with van der Waals surface area (Å²) in [4.78, 5) is 11.3. The van der Waals surface area contributed by atoms with E-state index in [2.05, 4.69) is 4.72 Å². The minimum Gasteiger partial charge on any atom is -0.481 e. The summed E-state index contributed by atoms with van der Waals surface area (Å²) >= 11 is 0. The van der Waals surface area contributed by atoms with Crippen LogP contribution in [0.2, 0.25) is 0 Å². The number of carboxylic acid groups (broad SMARTS) is 1. The highest BCUT2D eigenvalue weighted by Gasteiger charge is 2.31. The summed E-state index contributed by atoms with van der Waals surface area (Å²) in [5.74, 6) is -1.21. The van der Waals surface area contributed by atoms with Crippen LogP contribution in [0.4, 0.5) is 0 Å². The van der Waals surface area contributed by atoms with E-state index in [1.165, 1.54) is 0 Å². The zero-order valence-electron chi connectivity index (χ0n) is 11.6. The third kappa shape index (κ3) is 4.43. The number of aliphatic carboxylic acids is 1. The minimum absolute atomic E-state index is 0.00491. The van der Waals surface area contributed by atoms with Gasteiger partial charge < -0.3 is 9.84 Å². The Morgan fingerprint density at radius 1 is 1.25 bits per heavy atom. The summed E-state index contributed by atoms with van der Waals surface area (Å²) in [7, 11) is -3.35. The van der Waals surface area contributed by atoms with E-state index in [0.717, 1.165) is 19.3 Å². The standard InChI is InChI=1S/C13H23NO5S/c15-13(16)12(11-4-6-19-7-5-11)8-14-20(17,18)9-10-2-1-3-10/h10-12,14H,1-9H2,(H,15,16). The zero-order chi connectivity index (χ0) is 14.6. The molecule has 1 saturated carbocycles. The summed E-state index contributed by atoms with van der Waals surface area (Å²) in [6, 6.07) is 0. The van der Waals surface area contributed by atoms with Crippen LogP contribution in [0.3, 0.4) is 0 Å². The van der Waals surface area contributed by atoms with Crippen LogP contribution in [0.1, 0.15) is 32.1 Å². The molecule has 1 aliphatic carbocycles. The first-order chi connectivity index (χ1) is 9.48. The van der Waals surface area contributed by atoms with E-state index in [9.17, 15) is 18.3 Å². The van der Waals surface area contributed by atoms with Crippen molar-refractivity contribution in [1.29, 1.82) is 0 Å². The van der Waals surface area contributed by atoms with Crippen LogP contribution in [0.25, 0.3) is 0 Å². The predicted molar refractivity (Wildman–Crippen MR) is 73.8 cm³/mol. The van der Waals surface area contributed by atoms with Gasteiger partial charge in [0.1, 0.15) is 0 Å². The molecular formula is C13H23NO5S. The maximum Gasteiger partial charge on any atom is 0.308 e. The van der Waals surface area contributed by atoms with Crippen molar-refractivity contribution in [1.82, 2.24) is 4.72 Å². The average Bonchev–Trinajstić information content (AvgIpc) is 2.35. The molecule has 1 saturated heterocycles. The molecule has 1 atom stereocenters. The van der Waals surface area contributed by atoms with Gasteiger partial charge in [-0.15, -0.1) is 0 Å². The fourth-order valence-corrected chi connectivity index (χ4v) is 4.32. The third-order valence-electron chi connectivity index (χ3n) is 4.36. The minimum atomic E-state index is -3.35. The van der Waals surface area contributed by atoms with E-state index in [0.29, 0.717) is 26.1 Å². The van der Waals surface area contributed by atoms with Crippen LogP contribution in [-0.2, 0) is 19.6 Å². The van der Waals surface area contributed by atoms with E-state index < -0.39 is 21.9 Å². The number of hydrogen-bond acceptors (Lipinski definition) is 4. The zero-order valence-corrected chi connectivity index (χ0v) is 12.4. The van der Waals surface area contributed by atoms with Gasteiger partial charge >= 0.3 is 5.97 Å². The van der Waals surface area contributed by atoms with Crippen molar-refractivity contribution in [2.75, 3.05) is 25.5 Å². The van der Waals surface area contributed by atoms with Crippen LogP contribution in [-0.4, -0.2) is 45.0 Å². The van der Waals surface area contributed by atoms with Crippen LogP contribution in [0.5, 0.6) is 0 Å². The summed E-state index contributed by atoms with van der Waals surface area (Å²) in [6.45, 7) is 1.11. The molecule has 0 spiro atoms. The molecule has 1 aliphatic heterocycles. The maximum absolute atomic E-state index is 11.9. The highest BCUT2D eigenvalue weighted by atomic mass is 32.2. The van der Waals surface area contributed by atoms with Gasteiger partial charge in [-0.2, -0.15) is 0 Å². The van der Waals surface area contributed by atoms with Crippen LogP contribution in [0.15, 0.2) is 0 Å². The molecule has 0 aromatic carbocycles. The SMILES string of the molecule is O=C(O)C(CNS(=O)(=O)CC1CCC1)C1CCOCC1. The molecule has 1 heterocycles. The van der Waals surface area contributed by atoms with Gasteiger partial charge in [0, 0.05) is 19.8 Å². The van der Waals surface area contributed by atoms with Crippen molar-refractivity contribution in [3.63, 3.8) is 0 Å². The van der Waals surface area contributed by atoms with Gasteiger partial charge in [0.05, 0.1) is 11.7 Å². The second-order valence-corrected chi connectivity index (χ2v) is 7.67. The Morgan fingerprint density at radius 3 is 2.40 bits per heavy atom. The lowest BCUT2D eigenvalue weighted by molar-refractivity contribution is -0.144.